The number of carbonyl (C=O) groups excluding carboxylic acids is 1. The van der Waals surface area contributed by atoms with Crippen LogP contribution in [-0.2, 0) is 4.74 Å². The van der Waals surface area contributed by atoms with Crippen molar-refractivity contribution in [1.29, 1.82) is 0 Å². The molecule has 0 saturated carbocycles. The maximum absolute atomic E-state index is 12.3. The average Bonchev–Trinajstić information content (AvgIpc) is 2.47. The van der Waals surface area contributed by atoms with E-state index in [0.29, 0.717) is 4.57 Å². The zero-order chi connectivity index (χ0) is 10.7. The number of alkyl halides is 2. The number of esters is 1. The number of carbonyl (C=O) groups is 1. The summed E-state index contributed by atoms with van der Waals surface area (Å²) in [5.74, 6) is -0.612. The highest BCUT2D eigenvalue weighted by Crippen LogP contribution is 2.24. The standard InChI is InChI=1S/C8H8BrF2NO2/c1-2-14-7(13)5-3-4-12(6(5)9)8(10)11/h3-4,8H,2H2,1H3. The van der Waals surface area contributed by atoms with E-state index < -0.39 is 12.5 Å². The number of nitrogens with zero attached hydrogens (tertiary/aromatic N) is 1. The maximum Gasteiger partial charge on any atom is 0.340 e. The van der Waals surface area contributed by atoms with Crippen LogP contribution in [0.15, 0.2) is 16.9 Å². The summed E-state index contributed by atoms with van der Waals surface area (Å²) in [4.78, 5) is 11.2. The van der Waals surface area contributed by atoms with Crippen molar-refractivity contribution < 1.29 is 18.3 Å². The van der Waals surface area contributed by atoms with Crippen LogP contribution in [0, 0.1) is 0 Å². The molecule has 0 unspecified atom stereocenters. The van der Waals surface area contributed by atoms with Gasteiger partial charge in [0.2, 0.25) is 0 Å². The summed E-state index contributed by atoms with van der Waals surface area (Å²) in [7, 11) is 0. The Kier molecular flexibility index (Phi) is 3.62. The summed E-state index contributed by atoms with van der Waals surface area (Å²) in [6.45, 7) is -0.811. The van der Waals surface area contributed by atoms with Gasteiger partial charge in [-0.05, 0) is 28.9 Å². The Balaban J connectivity index is 2.95. The zero-order valence-electron chi connectivity index (χ0n) is 7.34. The van der Waals surface area contributed by atoms with Gasteiger partial charge < -0.3 is 4.74 Å². The minimum Gasteiger partial charge on any atom is -0.462 e. The van der Waals surface area contributed by atoms with E-state index in [9.17, 15) is 13.6 Å². The van der Waals surface area contributed by atoms with Crippen LogP contribution in [0.5, 0.6) is 0 Å². The summed E-state index contributed by atoms with van der Waals surface area (Å²) < 4.78 is 29.9. The second-order valence-electron chi connectivity index (χ2n) is 2.43. The third-order valence-corrected chi connectivity index (χ3v) is 2.39. The van der Waals surface area contributed by atoms with Gasteiger partial charge in [0.25, 0.3) is 0 Å². The van der Waals surface area contributed by atoms with Crippen LogP contribution in [0.25, 0.3) is 0 Å². The first kappa shape index (κ1) is 11.2. The molecule has 14 heavy (non-hydrogen) atoms. The minimum atomic E-state index is -2.67. The Hall–Kier alpha value is -0.910. The monoisotopic (exact) mass is 267 g/mol. The van der Waals surface area contributed by atoms with Crippen molar-refractivity contribution in [1.82, 2.24) is 4.57 Å². The molecule has 0 bridgehead atoms. The molecule has 0 aliphatic rings. The largest absolute Gasteiger partial charge is 0.462 e. The normalized spacial score (nSPS) is 10.6. The lowest BCUT2D eigenvalue weighted by atomic mass is 10.3. The van der Waals surface area contributed by atoms with E-state index in [-0.39, 0.29) is 16.8 Å². The summed E-state index contributed by atoms with van der Waals surface area (Å²) in [5, 5.41) is 0. The van der Waals surface area contributed by atoms with Crippen LogP contribution >= 0.6 is 15.9 Å². The summed E-state index contributed by atoms with van der Waals surface area (Å²) in [6, 6.07) is 1.29. The lowest BCUT2D eigenvalue weighted by Crippen LogP contribution is -2.05. The van der Waals surface area contributed by atoms with Gasteiger partial charge >= 0.3 is 12.5 Å². The first-order chi connectivity index (χ1) is 6.57. The van der Waals surface area contributed by atoms with Gasteiger partial charge in [0.1, 0.15) is 4.60 Å². The van der Waals surface area contributed by atoms with Crippen molar-refractivity contribution in [3.8, 4) is 0 Å². The van der Waals surface area contributed by atoms with E-state index in [2.05, 4.69) is 20.7 Å². The molecule has 0 N–H and O–H groups in total. The molecule has 1 heterocycles. The van der Waals surface area contributed by atoms with E-state index in [4.69, 9.17) is 0 Å². The van der Waals surface area contributed by atoms with Crippen molar-refractivity contribution in [2.75, 3.05) is 6.61 Å². The highest BCUT2D eigenvalue weighted by atomic mass is 79.9. The van der Waals surface area contributed by atoms with Crippen LogP contribution in [0.4, 0.5) is 8.78 Å². The molecule has 0 spiro atoms. The third kappa shape index (κ3) is 2.12. The lowest BCUT2D eigenvalue weighted by molar-refractivity contribution is 0.0519. The first-order valence-corrected chi connectivity index (χ1v) is 4.68. The van der Waals surface area contributed by atoms with Gasteiger partial charge in [-0.25, -0.2) is 4.79 Å². The summed E-state index contributed by atoms with van der Waals surface area (Å²) in [5.41, 5.74) is 0.104. The van der Waals surface area contributed by atoms with Gasteiger partial charge in [-0.2, -0.15) is 8.78 Å². The van der Waals surface area contributed by atoms with Gasteiger partial charge in [-0.15, -0.1) is 0 Å². The van der Waals surface area contributed by atoms with E-state index in [1.807, 2.05) is 0 Å². The second kappa shape index (κ2) is 4.54. The molecular formula is C8H8BrF2NO2. The molecule has 3 nitrogen and oxygen atoms in total. The molecule has 0 radical (unpaired) electrons. The maximum atomic E-state index is 12.3. The van der Waals surface area contributed by atoms with Crippen molar-refractivity contribution >= 4 is 21.9 Å². The molecule has 1 rings (SSSR count). The zero-order valence-corrected chi connectivity index (χ0v) is 8.92. The second-order valence-corrected chi connectivity index (χ2v) is 3.18. The molecule has 0 aromatic carbocycles. The molecule has 0 amide bonds. The van der Waals surface area contributed by atoms with Crippen LogP contribution < -0.4 is 0 Å². The highest BCUT2D eigenvalue weighted by molar-refractivity contribution is 9.10. The van der Waals surface area contributed by atoms with Crippen molar-refractivity contribution in [2.24, 2.45) is 0 Å². The Morgan fingerprint density at radius 2 is 2.36 bits per heavy atom. The third-order valence-electron chi connectivity index (χ3n) is 1.56. The number of halogens is 3. The molecule has 1 aromatic rings. The average molecular weight is 268 g/mol. The lowest BCUT2D eigenvalue weighted by Gasteiger charge is -2.03. The predicted molar refractivity (Wildman–Crippen MR) is 49.3 cm³/mol. The fraction of sp³-hybridized carbons (Fsp3) is 0.375. The van der Waals surface area contributed by atoms with E-state index >= 15 is 0 Å². The topological polar surface area (TPSA) is 31.2 Å². The van der Waals surface area contributed by atoms with Crippen molar-refractivity contribution in [2.45, 2.75) is 13.5 Å². The van der Waals surface area contributed by atoms with E-state index in [0.717, 1.165) is 6.20 Å². The first-order valence-electron chi connectivity index (χ1n) is 3.89. The van der Waals surface area contributed by atoms with Crippen LogP contribution in [0.1, 0.15) is 23.8 Å². The number of hydrogen-bond donors (Lipinski definition) is 0. The van der Waals surface area contributed by atoms with Crippen LogP contribution in [0.2, 0.25) is 0 Å². The Bertz CT molecular complexity index is 338. The van der Waals surface area contributed by atoms with Crippen molar-refractivity contribution in [3.63, 3.8) is 0 Å². The predicted octanol–water partition coefficient (Wildman–Crippen LogP) is 2.82. The SMILES string of the molecule is CCOC(=O)c1ccn(C(F)F)c1Br. The molecular weight excluding hydrogens is 260 g/mol. The Morgan fingerprint density at radius 1 is 1.71 bits per heavy atom. The van der Waals surface area contributed by atoms with Crippen LogP contribution in [0.3, 0.4) is 0 Å². The number of aromatic nitrogens is 1. The van der Waals surface area contributed by atoms with Crippen LogP contribution in [-0.4, -0.2) is 17.1 Å². The fourth-order valence-electron chi connectivity index (χ4n) is 0.940. The van der Waals surface area contributed by atoms with Crippen molar-refractivity contribution in [3.05, 3.63) is 22.4 Å². The smallest absolute Gasteiger partial charge is 0.340 e. The quantitative estimate of drug-likeness (QED) is 0.789. The summed E-state index contributed by atoms with van der Waals surface area (Å²) >= 11 is 2.90. The summed E-state index contributed by atoms with van der Waals surface area (Å²) in [6.07, 6.45) is 1.13. The molecule has 1 aromatic heterocycles. The molecule has 78 valence electrons. The molecule has 6 heteroatoms. The molecule has 0 aliphatic carbocycles. The molecule has 0 saturated heterocycles. The van der Waals surface area contributed by atoms with E-state index in [1.165, 1.54) is 6.07 Å². The van der Waals surface area contributed by atoms with Gasteiger partial charge in [0.15, 0.2) is 0 Å². The highest BCUT2D eigenvalue weighted by Gasteiger charge is 2.18. The van der Waals surface area contributed by atoms with Gasteiger partial charge in [0.05, 0.1) is 12.2 Å². The Labute approximate surface area is 87.8 Å². The number of ether oxygens (including phenoxy) is 1. The van der Waals surface area contributed by atoms with E-state index in [1.54, 1.807) is 6.92 Å². The van der Waals surface area contributed by atoms with Gasteiger partial charge in [-0.1, -0.05) is 0 Å². The number of hydrogen-bond acceptors (Lipinski definition) is 2. The number of rotatable bonds is 3. The van der Waals surface area contributed by atoms with Gasteiger partial charge in [-0.3, -0.25) is 4.57 Å². The molecule has 0 atom stereocenters. The molecule has 0 fully saturated rings. The Morgan fingerprint density at radius 3 is 2.79 bits per heavy atom. The fourth-order valence-corrected chi connectivity index (χ4v) is 1.51. The molecule has 0 aliphatic heterocycles. The minimum absolute atomic E-state index is 0.0333. The van der Waals surface area contributed by atoms with Gasteiger partial charge in [0, 0.05) is 6.20 Å².